The fourth-order valence-electron chi connectivity index (χ4n) is 1.81. The molecule has 0 atom stereocenters. The Kier molecular flexibility index (Phi) is 3.33. The molecule has 0 saturated carbocycles. The number of hydrogen-bond donors (Lipinski definition) is 2. The average Bonchev–Trinajstić information content (AvgIpc) is 2.77. The second-order valence-corrected chi connectivity index (χ2v) is 4.96. The standard InChI is InChI=1S/C12H10Cl2N6/c13-7-1-2-11-17-8(6-20(11)5-7)4-16-10-3-9(14)18-12(15)19-10/h1-3,5-6H,4H2,(H3,15,16,18,19). The molecule has 0 radical (unpaired) electrons. The van der Waals surface area contributed by atoms with Crippen LogP contribution in [0.15, 0.2) is 30.6 Å². The molecule has 0 aliphatic rings. The van der Waals surface area contributed by atoms with E-state index in [1.54, 1.807) is 18.3 Å². The molecule has 0 aromatic carbocycles. The quantitative estimate of drug-likeness (QED) is 0.727. The Labute approximate surface area is 124 Å². The Bertz CT molecular complexity index is 749. The van der Waals surface area contributed by atoms with Crippen molar-refractivity contribution < 1.29 is 0 Å². The molecule has 20 heavy (non-hydrogen) atoms. The van der Waals surface area contributed by atoms with Crippen molar-refractivity contribution in [3.8, 4) is 0 Å². The van der Waals surface area contributed by atoms with Crippen molar-refractivity contribution in [3.05, 3.63) is 46.5 Å². The van der Waals surface area contributed by atoms with Gasteiger partial charge in [0.2, 0.25) is 5.95 Å². The van der Waals surface area contributed by atoms with E-state index in [4.69, 9.17) is 28.9 Å². The fourth-order valence-corrected chi connectivity index (χ4v) is 2.17. The lowest BCUT2D eigenvalue weighted by atomic mass is 10.4. The van der Waals surface area contributed by atoms with Crippen LogP contribution >= 0.6 is 23.2 Å². The highest BCUT2D eigenvalue weighted by Gasteiger charge is 2.04. The molecular weight excluding hydrogens is 299 g/mol. The number of hydrogen-bond acceptors (Lipinski definition) is 5. The zero-order chi connectivity index (χ0) is 14.1. The SMILES string of the molecule is Nc1nc(Cl)cc(NCc2cn3cc(Cl)ccc3n2)n1. The van der Waals surface area contributed by atoms with E-state index in [2.05, 4.69) is 20.3 Å². The van der Waals surface area contributed by atoms with Gasteiger partial charge in [-0.2, -0.15) is 4.98 Å². The van der Waals surface area contributed by atoms with Crippen LogP contribution in [0.1, 0.15) is 5.69 Å². The molecule has 0 aliphatic carbocycles. The number of nitrogens with zero attached hydrogens (tertiary/aromatic N) is 4. The molecule has 0 aliphatic heterocycles. The van der Waals surface area contributed by atoms with Crippen LogP contribution < -0.4 is 11.1 Å². The molecule has 3 aromatic heterocycles. The molecule has 3 rings (SSSR count). The zero-order valence-corrected chi connectivity index (χ0v) is 11.7. The molecule has 102 valence electrons. The van der Waals surface area contributed by atoms with Gasteiger partial charge in [-0.3, -0.25) is 0 Å². The molecule has 0 spiro atoms. The number of halogens is 2. The Balaban J connectivity index is 1.79. The van der Waals surface area contributed by atoms with Crippen LogP contribution in [0.5, 0.6) is 0 Å². The summed E-state index contributed by atoms with van der Waals surface area (Å²) in [7, 11) is 0. The van der Waals surface area contributed by atoms with Gasteiger partial charge in [0.15, 0.2) is 0 Å². The summed E-state index contributed by atoms with van der Waals surface area (Å²) in [5.74, 6) is 0.680. The van der Waals surface area contributed by atoms with Crippen LogP contribution in [-0.4, -0.2) is 19.4 Å². The minimum atomic E-state index is 0.127. The van der Waals surface area contributed by atoms with E-state index in [0.29, 0.717) is 22.5 Å². The van der Waals surface area contributed by atoms with Gasteiger partial charge in [-0.15, -0.1) is 0 Å². The lowest BCUT2D eigenvalue weighted by molar-refractivity contribution is 1.05. The summed E-state index contributed by atoms with van der Waals surface area (Å²) >= 11 is 11.7. The number of anilines is 2. The third-order valence-electron chi connectivity index (χ3n) is 2.63. The van der Waals surface area contributed by atoms with Gasteiger partial charge >= 0.3 is 0 Å². The number of fused-ring (bicyclic) bond motifs is 1. The summed E-state index contributed by atoms with van der Waals surface area (Å²) in [6.07, 6.45) is 3.69. The van der Waals surface area contributed by atoms with Crippen molar-refractivity contribution in [2.75, 3.05) is 11.1 Å². The first-order chi connectivity index (χ1) is 9.60. The molecule has 0 fully saturated rings. The van der Waals surface area contributed by atoms with Gasteiger partial charge in [0.1, 0.15) is 16.6 Å². The van der Waals surface area contributed by atoms with Gasteiger partial charge in [0.05, 0.1) is 17.3 Å². The summed E-state index contributed by atoms with van der Waals surface area (Å²) < 4.78 is 1.86. The highest BCUT2D eigenvalue weighted by atomic mass is 35.5. The van der Waals surface area contributed by atoms with Crippen molar-refractivity contribution in [2.45, 2.75) is 6.54 Å². The largest absolute Gasteiger partial charge is 0.368 e. The average molecular weight is 309 g/mol. The van der Waals surface area contributed by atoms with Crippen LogP contribution in [0.2, 0.25) is 10.2 Å². The summed E-state index contributed by atoms with van der Waals surface area (Å²) in [6, 6.07) is 5.25. The number of rotatable bonds is 3. The maximum Gasteiger partial charge on any atom is 0.223 e. The second-order valence-electron chi connectivity index (χ2n) is 4.13. The number of nitrogen functional groups attached to an aromatic ring is 1. The number of pyridine rings is 1. The van der Waals surface area contributed by atoms with E-state index in [1.165, 1.54) is 0 Å². The van der Waals surface area contributed by atoms with Crippen molar-refractivity contribution >= 4 is 40.6 Å². The number of nitrogens with two attached hydrogens (primary N) is 1. The van der Waals surface area contributed by atoms with E-state index in [1.807, 2.05) is 16.7 Å². The normalized spacial score (nSPS) is 10.9. The maximum absolute atomic E-state index is 5.93. The Morgan fingerprint density at radius 2 is 2.00 bits per heavy atom. The second kappa shape index (κ2) is 5.15. The van der Waals surface area contributed by atoms with Gasteiger partial charge in [0.25, 0.3) is 0 Å². The maximum atomic E-state index is 5.93. The molecule has 8 heteroatoms. The Morgan fingerprint density at radius 1 is 1.15 bits per heavy atom. The molecule has 0 unspecified atom stereocenters. The van der Waals surface area contributed by atoms with Crippen LogP contribution in [0.3, 0.4) is 0 Å². The fraction of sp³-hybridized carbons (Fsp3) is 0.0833. The number of imidazole rings is 1. The van der Waals surface area contributed by atoms with E-state index in [9.17, 15) is 0 Å². The summed E-state index contributed by atoms with van der Waals surface area (Å²) in [4.78, 5) is 12.3. The summed E-state index contributed by atoms with van der Waals surface area (Å²) in [5.41, 5.74) is 7.20. The predicted molar refractivity (Wildman–Crippen MR) is 79.0 cm³/mol. The summed E-state index contributed by atoms with van der Waals surface area (Å²) in [5, 5.41) is 4.04. The lowest BCUT2D eigenvalue weighted by Crippen LogP contribution is -2.04. The molecule has 3 N–H and O–H groups in total. The van der Waals surface area contributed by atoms with Crippen LogP contribution in [0.4, 0.5) is 11.8 Å². The smallest absolute Gasteiger partial charge is 0.223 e. The van der Waals surface area contributed by atoms with Crippen molar-refractivity contribution in [1.82, 2.24) is 19.4 Å². The molecule has 3 aromatic rings. The zero-order valence-electron chi connectivity index (χ0n) is 10.2. The van der Waals surface area contributed by atoms with E-state index < -0.39 is 0 Å². The van der Waals surface area contributed by atoms with Crippen molar-refractivity contribution in [1.29, 1.82) is 0 Å². The molecular formula is C12H10Cl2N6. The van der Waals surface area contributed by atoms with Crippen LogP contribution in [0, 0.1) is 0 Å². The number of nitrogens with one attached hydrogen (secondary N) is 1. The molecule has 0 amide bonds. The summed E-state index contributed by atoms with van der Waals surface area (Å²) in [6.45, 7) is 0.492. The highest BCUT2D eigenvalue weighted by molar-refractivity contribution is 6.30. The lowest BCUT2D eigenvalue weighted by Gasteiger charge is -2.04. The van der Waals surface area contributed by atoms with E-state index in [0.717, 1.165) is 11.3 Å². The highest BCUT2D eigenvalue weighted by Crippen LogP contribution is 2.15. The first-order valence-corrected chi connectivity index (χ1v) is 6.53. The molecule has 0 saturated heterocycles. The van der Waals surface area contributed by atoms with Gasteiger partial charge in [0, 0.05) is 18.5 Å². The first kappa shape index (κ1) is 13.0. The Morgan fingerprint density at radius 3 is 2.80 bits per heavy atom. The third kappa shape index (κ3) is 2.76. The van der Waals surface area contributed by atoms with E-state index in [-0.39, 0.29) is 5.95 Å². The van der Waals surface area contributed by atoms with Gasteiger partial charge in [-0.05, 0) is 12.1 Å². The topological polar surface area (TPSA) is 81.1 Å². The predicted octanol–water partition coefficient (Wildman–Crippen LogP) is 2.63. The third-order valence-corrected chi connectivity index (χ3v) is 3.04. The molecule has 3 heterocycles. The Hall–Kier alpha value is -2.05. The number of aromatic nitrogens is 4. The first-order valence-electron chi connectivity index (χ1n) is 5.77. The minimum absolute atomic E-state index is 0.127. The minimum Gasteiger partial charge on any atom is -0.368 e. The van der Waals surface area contributed by atoms with Gasteiger partial charge in [-0.25, -0.2) is 9.97 Å². The van der Waals surface area contributed by atoms with E-state index >= 15 is 0 Å². The monoisotopic (exact) mass is 308 g/mol. The van der Waals surface area contributed by atoms with Gasteiger partial charge < -0.3 is 15.5 Å². The van der Waals surface area contributed by atoms with Crippen LogP contribution in [-0.2, 0) is 6.54 Å². The molecule has 6 nitrogen and oxygen atoms in total. The van der Waals surface area contributed by atoms with Gasteiger partial charge in [-0.1, -0.05) is 23.2 Å². The van der Waals surface area contributed by atoms with Crippen LogP contribution in [0.25, 0.3) is 5.65 Å². The van der Waals surface area contributed by atoms with Crippen molar-refractivity contribution in [2.24, 2.45) is 0 Å². The molecule has 0 bridgehead atoms. The van der Waals surface area contributed by atoms with Crippen molar-refractivity contribution in [3.63, 3.8) is 0 Å².